The standard InChI is InChI=1S/C25H28BN3O6S/c30-25(28-23(26(31)32)16-19-11-12-19)22(15-18-7-3-1-4-8-18)29-36(33,34)21-13-14-24(27-17-21)35-20-9-5-2-6-10-20/h1-10,13-14,17,19,22-23,29,31-32H,11-12,15-16H2,(H,28,30)/t22-,23-/m0/s1. The number of nitrogens with one attached hydrogen (secondary N) is 2. The molecule has 0 aliphatic heterocycles. The third-order valence-corrected chi connectivity index (χ3v) is 7.31. The van der Waals surface area contributed by atoms with Crippen molar-refractivity contribution in [3.05, 3.63) is 84.6 Å². The molecule has 1 fully saturated rings. The lowest BCUT2D eigenvalue weighted by Gasteiger charge is -2.23. The second kappa shape index (κ2) is 11.7. The molecule has 3 aromatic rings. The molecule has 2 atom stereocenters. The number of rotatable bonds is 12. The summed E-state index contributed by atoms with van der Waals surface area (Å²) in [5, 5.41) is 22.1. The van der Waals surface area contributed by atoms with Crippen molar-refractivity contribution in [2.75, 3.05) is 0 Å². The van der Waals surface area contributed by atoms with E-state index < -0.39 is 35.0 Å². The molecular weight excluding hydrogens is 481 g/mol. The Labute approximate surface area is 210 Å². The van der Waals surface area contributed by atoms with E-state index in [0.717, 1.165) is 24.6 Å². The van der Waals surface area contributed by atoms with Crippen molar-refractivity contribution in [1.82, 2.24) is 15.0 Å². The minimum atomic E-state index is -4.13. The number of benzene rings is 2. The summed E-state index contributed by atoms with van der Waals surface area (Å²) in [6.07, 6.45) is 3.59. The maximum Gasteiger partial charge on any atom is 0.475 e. The molecule has 1 amide bonds. The lowest BCUT2D eigenvalue weighted by molar-refractivity contribution is -0.123. The number of nitrogens with zero attached hydrogens (tertiary/aromatic N) is 1. The van der Waals surface area contributed by atoms with E-state index in [1.54, 1.807) is 48.5 Å². The van der Waals surface area contributed by atoms with Crippen LogP contribution in [0.5, 0.6) is 11.6 Å². The van der Waals surface area contributed by atoms with E-state index in [1.165, 1.54) is 12.1 Å². The van der Waals surface area contributed by atoms with Gasteiger partial charge in [0.25, 0.3) is 0 Å². The molecule has 36 heavy (non-hydrogen) atoms. The number of ether oxygens (including phenoxy) is 1. The lowest BCUT2D eigenvalue weighted by Crippen LogP contribution is -2.54. The Kier molecular flexibility index (Phi) is 8.37. The van der Waals surface area contributed by atoms with Gasteiger partial charge in [0.1, 0.15) is 16.7 Å². The Bertz CT molecular complexity index is 1240. The summed E-state index contributed by atoms with van der Waals surface area (Å²) < 4.78 is 34.4. The Morgan fingerprint density at radius 2 is 1.69 bits per heavy atom. The average Bonchev–Trinajstić information content (AvgIpc) is 3.69. The maximum absolute atomic E-state index is 13.1. The number of carbonyl (C=O) groups is 1. The highest BCUT2D eigenvalue weighted by Gasteiger charge is 2.35. The molecular formula is C25H28BN3O6S. The van der Waals surface area contributed by atoms with Gasteiger partial charge in [-0.25, -0.2) is 13.4 Å². The Morgan fingerprint density at radius 3 is 2.28 bits per heavy atom. The first kappa shape index (κ1) is 25.8. The molecule has 1 aliphatic carbocycles. The van der Waals surface area contributed by atoms with Gasteiger partial charge < -0.3 is 20.1 Å². The molecule has 9 nitrogen and oxygen atoms in total. The quantitative estimate of drug-likeness (QED) is 0.274. The van der Waals surface area contributed by atoms with Crippen LogP contribution in [-0.2, 0) is 21.2 Å². The van der Waals surface area contributed by atoms with Gasteiger partial charge in [0.05, 0.1) is 12.1 Å². The molecule has 0 unspecified atom stereocenters. The molecule has 0 bridgehead atoms. The van der Waals surface area contributed by atoms with Crippen LogP contribution in [0.2, 0.25) is 0 Å². The summed E-state index contributed by atoms with van der Waals surface area (Å²) in [6, 6.07) is 19.5. The van der Waals surface area contributed by atoms with Crippen molar-refractivity contribution in [2.45, 2.75) is 42.6 Å². The van der Waals surface area contributed by atoms with Gasteiger partial charge >= 0.3 is 7.12 Å². The van der Waals surface area contributed by atoms with Crippen LogP contribution < -0.4 is 14.8 Å². The largest absolute Gasteiger partial charge is 0.475 e. The monoisotopic (exact) mass is 509 g/mol. The molecule has 1 saturated carbocycles. The van der Waals surface area contributed by atoms with Gasteiger partial charge in [-0.1, -0.05) is 61.4 Å². The molecule has 1 heterocycles. The fourth-order valence-corrected chi connectivity index (χ4v) is 4.88. The van der Waals surface area contributed by atoms with Crippen LogP contribution in [0.3, 0.4) is 0 Å². The molecule has 188 valence electrons. The fourth-order valence-electron chi connectivity index (χ4n) is 3.74. The predicted octanol–water partition coefficient (Wildman–Crippen LogP) is 2.06. The van der Waals surface area contributed by atoms with E-state index in [1.807, 2.05) is 12.1 Å². The van der Waals surface area contributed by atoms with Crippen LogP contribution >= 0.6 is 0 Å². The molecule has 1 aromatic heterocycles. The van der Waals surface area contributed by atoms with E-state index in [2.05, 4.69) is 15.0 Å². The van der Waals surface area contributed by atoms with Crippen LogP contribution in [0.25, 0.3) is 0 Å². The van der Waals surface area contributed by atoms with Gasteiger partial charge in [-0.15, -0.1) is 0 Å². The van der Waals surface area contributed by atoms with Crippen molar-refractivity contribution in [2.24, 2.45) is 5.92 Å². The zero-order valence-electron chi connectivity index (χ0n) is 19.5. The Balaban J connectivity index is 1.50. The summed E-state index contributed by atoms with van der Waals surface area (Å²) in [6.45, 7) is 0. The number of amides is 1. The third kappa shape index (κ3) is 7.38. The van der Waals surface area contributed by atoms with Crippen LogP contribution in [0.4, 0.5) is 0 Å². The summed E-state index contributed by atoms with van der Waals surface area (Å²) >= 11 is 0. The van der Waals surface area contributed by atoms with E-state index in [9.17, 15) is 23.3 Å². The van der Waals surface area contributed by atoms with Crippen molar-refractivity contribution >= 4 is 23.0 Å². The van der Waals surface area contributed by atoms with Crippen molar-refractivity contribution in [3.8, 4) is 11.6 Å². The molecule has 11 heteroatoms. The number of carbonyl (C=O) groups excluding carboxylic acids is 1. The van der Waals surface area contributed by atoms with Gasteiger partial charge in [0.15, 0.2) is 0 Å². The Morgan fingerprint density at radius 1 is 1.03 bits per heavy atom. The van der Waals surface area contributed by atoms with Gasteiger partial charge in [-0.2, -0.15) is 4.72 Å². The maximum atomic E-state index is 13.1. The Hall–Kier alpha value is -3.25. The van der Waals surface area contributed by atoms with Gasteiger partial charge in [-0.3, -0.25) is 4.79 Å². The highest BCUT2D eigenvalue weighted by molar-refractivity contribution is 7.89. The molecule has 0 spiro atoms. The van der Waals surface area contributed by atoms with Crippen molar-refractivity contribution in [3.63, 3.8) is 0 Å². The number of pyridine rings is 1. The van der Waals surface area contributed by atoms with Gasteiger partial charge in [-0.05, 0) is 42.5 Å². The van der Waals surface area contributed by atoms with E-state index in [4.69, 9.17) is 4.74 Å². The summed E-state index contributed by atoms with van der Waals surface area (Å²) in [5.41, 5.74) is 0.744. The highest BCUT2D eigenvalue weighted by Crippen LogP contribution is 2.33. The zero-order chi connectivity index (χ0) is 25.5. The minimum absolute atomic E-state index is 0.0756. The number of sulfonamides is 1. The van der Waals surface area contributed by atoms with E-state index >= 15 is 0 Å². The summed E-state index contributed by atoms with van der Waals surface area (Å²) in [5.74, 6) is -0.421. The number of hydrogen-bond donors (Lipinski definition) is 4. The molecule has 2 aromatic carbocycles. The van der Waals surface area contributed by atoms with Crippen LogP contribution in [0, 0.1) is 5.92 Å². The first-order chi connectivity index (χ1) is 17.3. The molecule has 0 saturated heterocycles. The second-order valence-corrected chi connectivity index (χ2v) is 10.5. The topological polar surface area (TPSA) is 138 Å². The van der Waals surface area contributed by atoms with Crippen LogP contribution in [0.15, 0.2) is 83.9 Å². The fraction of sp³-hybridized carbons (Fsp3) is 0.280. The predicted molar refractivity (Wildman–Crippen MR) is 134 cm³/mol. The normalized spacial score (nSPS) is 15.1. The van der Waals surface area contributed by atoms with Crippen molar-refractivity contribution in [1.29, 1.82) is 0 Å². The smallest absolute Gasteiger partial charge is 0.439 e. The van der Waals surface area contributed by atoms with E-state index in [0.29, 0.717) is 18.1 Å². The SMILES string of the molecule is O=C(N[C@@H](CC1CC1)B(O)O)[C@H](Cc1ccccc1)NS(=O)(=O)c1ccc(Oc2ccccc2)nc1. The summed E-state index contributed by atoms with van der Waals surface area (Å²) in [7, 11) is -5.88. The van der Waals surface area contributed by atoms with Gasteiger partial charge in [0.2, 0.25) is 21.8 Å². The second-order valence-electron chi connectivity index (χ2n) is 8.82. The van der Waals surface area contributed by atoms with Crippen LogP contribution in [-0.4, -0.2) is 48.5 Å². The number of aromatic nitrogens is 1. The lowest BCUT2D eigenvalue weighted by atomic mass is 9.76. The first-order valence-electron chi connectivity index (χ1n) is 11.7. The van der Waals surface area contributed by atoms with E-state index in [-0.39, 0.29) is 17.2 Å². The zero-order valence-corrected chi connectivity index (χ0v) is 20.3. The summed E-state index contributed by atoms with van der Waals surface area (Å²) in [4.78, 5) is 17.1. The van der Waals surface area contributed by atoms with Gasteiger partial charge in [0, 0.05) is 6.07 Å². The molecule has 1 aliphatic rings. The average molecular weight is 509 g/mol. The molecule has 0 radical (unpaired) electrons. The number of para-hydroxylation sites is 1. The number of hydrogen-bond acceptors (Lipinski definition) is 7. The minimum Gasteiger partial charge on any atom is -0.439 e. The van der Waals surface area contributed by atoms with Crippen LogP contribution in [0.1, 0.15) is 24.8 Å². The highest BCUT2D eigenvalue weighted by atomic mass is 32.2. The molecule has 4 N–H and O–H groups in total. The first-order valence-corrected chi connectivity index (χ1v) is 13.2. The van der Waals surface area contributed by atoms with Crippen molar-refractivity contribution < 1.29 is 28.0 Å². The third-order valence-electron chi connectivity index (χ3n) is 5.85. The molecule has 4 rings (SSSR count).